The quantitative estimate of drug-likeness (QED) is 0.354. The second-order valence-electron chi connectivity index (χ2n) is 7.68. The Morgan fingerprint density at radius 2 is 1.71 bits per heavy atom. The van der Waals surface area contributed by atoms with Gasteiger partial charge in [-0.15, -0.1) is 0 Å². The highest BCUT2D eigenvalue weighted by molar-refractivity contribution is 5.92. The van der Waals surface area contributed by atoms with Crippen LogP contribution in [0, 0.1) is 0 Å². The lowest BCUT2D eigenvalue weighted by molar-refractivity contribution is -0.118. The summed E-state index contributed by atoms with van der Waals surface area (Å²) in [6.07, 6.45) is 1.67. The topological polar surface area (TPSA) is 81.5 Å². The van der Waals surface area contributed by atoms with Gasteiger partial charge in [0.1, 0.15) is 11.5 Å². The monoisotopic (exact) mass is 459 g/mol. The number of likely N-dealkylation sites (N-methyl/N-ethyl adjacent to an activating group) is 1. The van der Waals surface area contributed by atoms with Crippen LogP contribution in [0.25, 0.3) is 11.0 Å². The molecule has 4 aromatic rings. The minimum atomic E-state index is -0.270. The molecule has 34 heavy (non-hydrogen) atoms. The molecular formula is C26H29N5O3. The second kappa shape index (κ2) is 11.3. The smallest absolute Gasteiger partial charge is 0.264 e. The Hall–Kier alpha value is -3.91. The van der Waals surface area contributed by atoms with Gasteiger partial charge in [0.25, 0.3) is 5.91 Å². The van der Waals surface area contributed by atoms with Gasteiger partial charge in [-0.3, -0.25) is 10.1 Å². The van der Waals surface area contributed by atoms with Crippen molar-refractivity contribution in [3.05, 3.63) is 72.9 Å². The van der Waals surface area contributed by atoms with E-state index in [1.807, 2.05) is 36.4 Å². The molecule has 8 nitrogen and oxygen atoms in total. The van der Waals surface area contributed by atoms with Crippen LogP contribution < -0.4 is 14.8 Å². The summed E-state index contributed by atoms with van der Waals surface area (Å²) in [6, 6.07) is 20.4. The van der Waals surface area contributed by atoms with Crippen LogP contribution in [0.2, 0.25) is 0 Å². The molecule has 0 unspecified atom stereocenters. The highest BCUT2D eigenvalue weighted by Crippen LogP contribution is 2.23. The Kier molecular flexibility index (Phi) is 7.72. The Balaban J connectivity index is 1.37. The zero-order valence-electron chi connectivity index (χ0n) is 19.5. The Bertz CT molecular complexity index is 1200. The summed E-state index contributed by atoms with van der Waals surface area (Å²) in [5.41, 5.74) is 1.84. The van der Waals surface area contributed by atoms with Gasteiger partial charge >= 0.3 is 0 Å². The number of carbonyl (C=O) groups is 1. The molecule has 0 aliphatic heterocycles. The van der Waals surface area contributed by atoms with Crippen LogP contribution in [0.15, 0.2) is 72.9 Å². The summed E-state index contributed by atoms with van der Waals surface area (Å²) in [5, 5.41) is 2.91. The number of rotatable bonds is 11. The van der Waals surface area contributed by atoms with Crippen molar-refractivity contribution in [2.45, 2.75) is 20.4 Å². The number of nitrogens with zero attached hydrogens (tertiary/aromatic N) is 4. The predicted molar refractivity (Wildman–Crippen MR) is 132 cm³/mol. The van der Waals surface area contributed by atoms with E-state index in [2.05, 4.69) is 38.6 Å². The summed E-state index contributed by atoms with van der Waals surface area (Å²) >= 11 is 0. The molecular weight excluding hydrogens is 430 g/mol. The molecule has 0 aliphatic carbocycles. The van der Waals surface area contributed by atoms with E-state index in [9.17, 15) is 4.79 Å². The average Bonchev–Trinajstić information content (AvgIpc) is 3.21. The van der Waals surface area contributed by atoms with E-state index in [0.29, 0.717) is 23.3 Å². The van der Waals surface area contributed by atoms with Crippen molar-refractivity contribution in [3.63, 3.8) is 0 Å². The zero-order valence-corrected chi connectivity index (χ0v) is 19.5. The van der Waals surface area contributed by atoms with Crippen LogP contribution in [0.4, 0.5) is 5.95 Å². The molecule has 0 bridgehead atoms. The summed E-state index contributed by atoms with van der Waals surface area (Å²) in [6.45, 7) is 7.73. The van der Waals surface area contributed by atoms with Gasteiger partial charge in [0.05, 0.1) is 11.0 Å². The molecule has 0 fully saturated rings. The van der Waals surface area contributed by atoms with E-state index >= 15 is 0 Å². The van der Waals surface area contributed by atoms with Gasteiger partial charge in [-0.25, -0.2) is 9.97 Å². The van der Waals surface area contributed by atoms with Crippen molar-refractivity contribution >= 4 is 22.9 Å². The maximum atomic E-state index is 12.6. The third-order valence-corrected chi connectivity index (χ3v) is 5.49. The van der Waals surface area contributed by atoms with E-state index in [1.54, 1.807) is 36.5 Å². The highest BCUT2D eigenvalue weighted by Gasteiger charge is 2.14. The molecule has 0 saturated carbocycles. The SMILES string of the molecule is CCN(CC)CCn1c(NC(=O)COc2ccc(Oc3ccccn3)cc2)nc2ccccc21. The van der Waals surface area contributed by atoms with Gasteiger partial charge in [0, 0.05) is 25.4 Å². The molecule has 8 heteroatoms. The van der Waals surface area contributed by atoms with Crippen LogP contribution in [0.1, 0.15) is 13.8 Å². The second-order valence-corrected chi connectivity index (χ2v) is 7.68. The maximum Gasteiger partial charge on any atom is 0.264 e. The average molecular weight is 460 g/mol. The molecule has 2 heterocycles. The van der Waals surface area contributed by atoms with Gasteiger partial charge in [-0.2, -0.15) is 0 Å². The Morgan fingerprint density at radius 1 is 0.971 bits per heavy atom. The first-order valence-electron chi connectivity index (χ1n) is 11.5. The highest BCUT2D eigenvalue weighted by atomic mass is 16.5. The number of para-hydroxylation sites is 2. The molecule has 0 radical (unpaired) electrons. The summed E-state index contributed by atoms with van der Waals surface area (Å²) in [7, 11) is 0. The van der Waals surface area contributed by atoms with Gasteiger partial charge in [0.2, 0.25) is 11.8 Å². The predicted octanol–water partition coefficient (Wildman–Crippen LogP) is 4.58. The number of benzene rings is 2. The van der Waals surface area contributed by atoms with E-state index in [0.717, 1.165) is 37.2 Å². The first-order valence-corrected chi connectivity index (χ1v) is 11.5. The number of imidazole rings is 1. The van der Waals surface area contributed by atoms with Crippen molar-refractivity contribution in [2.24, 2.45) is 0 Å². The number of hydrogen-bond acceptors (Lipinski definition) is 6. The minimum Gasteiger partial charge on any atom is -0.484 e. The maximum absolute atomic E-state index is 12.6. The molecule has 0 spiro atoms. The Labute approximate surface area is 199 Å². The van der Waals surface area contributed by atoms with Gasteiger partial charge in [0.15, 0.2) is 6.61 Å². The fourth-order valence-electron chi connectivity index (χ4n) is 3.62. The number of carbonyl (C=O) groups excluding carboxylic acids is 1. The summed E-state index contributed by atoms with van der Waals surface area (Å²) < 4.78 is 13.4. The van der Waals surface area contributed by atoms with E-state index in [1.165, 1.54) is 0 Å². The van der Waals surface area contributed by atoms with E-state index in [4.69, 9.17) is 9.47 Å². The molecule has 176 valence electrons. The normalized spacial score (nSPS) is 11.0. The van der Waals surface area contributed by atoms with Gasteiger partial charge in [-0.05, 0) is 55.6 Å². The largest absolute Gasteiger partial charge is 0.484 e. The number of ether oxygens (including phenoxy) is 2. The molecule has 1 amide bonds. The minimum absolute atomic E-state index is 0.125. The van der Waals surface area contributed by atoms with Crippen LogP contribution in [-0.2, 0) is 11.3 Å². The molecule has 0 atom stereocenters. The first kappa shape index (κ1) is 23.3. The molecule has 4 rings (SSSR count). The lowest BCUT2D eigenvalue weighted by Gasteiger charge is -2.19. The van der Waals surface area contributed by atoms with Gasteiger partial charge in [-0.1, -0.05) is 32.0 Å². The number of fused-ring (bicyclic) bond motifs is 1. The standard InChI is InChI=1S/C26H29N5O3/c1-3-30(4-2)17-18-31-23-10-6-5-9-22(23)28-26(31)29-24(32)19-33-20-12-14-21(15-13-20)34-25-11-7-8-16-27-25/h5-16H,3-4,17-19H2,1-2H3,(H,28,29,32). The van der Waals surface area contributed by atoms with Crippen molar-refractivity contribution in [1.29, 1.82) is 0 Å². The third kappa shape index (κ3) is 5.90. The van der Waals surface area contributed by atoms with Crippen molar-refractivity contribution in [2.75, 3.05) is 31.6 Å². The number of amides is 1. The molecule has 2 aromatic heterocycles. The number of hydrogen-bond donors (Lipinski definition) is 1. The zero-order chi connectivity index (χ0) is 23.8. The van der Waals surface area contributed by atoms with Crippen molar-refractivity contribution < 1.29 is 14.3 Å². The van der Waals surface area contributed by atoms with E-state index in [-0.39, 0.29) is 12.5 Å². The van der Waals surface area contributed by atoms with Crippen molar-refractivity contribution in [3.8, 4) is 17.4 Å². The van der Waals surface area contributed by atoms with Crippen LogP contribution in [-0.4, -0.2) is 51.6 Å². The fourth-order valence-corrected chi connectivity index (χ4v) is 3.62. The fraction of sp³-hybridized carbons (Fsp3) is 0.269. The lowest BCUT2D eigenvalue weighted by atomic mass is 10.3. The molecule has 0 aliphatic rings. The van der Waals surface area contributed by atoms with Gasteiger partial charge < -0.3 is 18.9 Å². The number of anilines is 1. The van der Waals surface area contributed by atoms with Crippen LogP contribution in [0.3, 0.4) is 0 Å². The van der Waals surface area contributed by atoms with E-state index < -0.39 is 0 Å². The number of aromatic nitrogens is 3. The Morgan fingerprint density at radius 3 is 2.44 bits per heavy atom. The van der Waals surface area contributed by atoms with Crippen molar-refractivity contribution in [1.82, 2.24) is 19.4 Å². The van der Waals surface area contributed by atoms with Crippen LogP contribution >= 0.6 is 0 Å². The summed E-state index contributed by atoms with van der Waals surface area (Å²) in [5.74, 6) is 1.98. The number of nitrogens with one attached hydrogen (secondary N) is 1. The van der Waals surface area contributed by atoms with Crippen LogP contribution in [0.5, 0.6) is 17.4 Å². The molecule has 2 aromatic carbocycles. The molecule has 0 saturated heterocycles. The molecule has 1 N–H and O–H groups in total. The lowest BCUT2D eigenvalue weighted by Crippen LogP contribution is -2.28. The summed E-state index contributed by atoms with van der Waals surface area (Å²) in [4.78, 5) is 23.7. The first-order chi connectivity index (χ1) is 16.7. The number of pyridine rings is 1. The third-order valence-electron chi connectivity index (χ3n) is 5.49.